The number of amides is 2. The Morgan fingerprint density at radius 2 is 1.74 bits per heavy atom. The molecule has 0 aliphatic rings. The Morgan fingerprint density at radius 3 is 2.40 bits per heavy atom. The standard InChI is InChI=1S/C27H25ClN4O3/c1-3-31(27(34)20-10-7-11-21(28)16-20)18-26(33)29-25-17-24(19-8-5-4-6-9-19)30-32(25)22-12-14-23(35-2)15-13-22/h4-17H,3,18H2,1-2H3,(H,29,33). The van der Waals surface area contributed by atoms with Crippen LogP contribution in [0.4, 0.5) is 5.82 Å². The van der Waals surface area contributed by atoms with E-state index in [4.69, 9.17) is 21.4 Å². The number of methoxy groups -OCH3 is 1. The summed E-state index contributed by atoms with van der Waals surface area (Å²) in [7, 11) is 1.60. The Hall–Kier alpha value is -4.10. The van der Waals surface area contributed by atoms with Crippen LogP contribution in [-0.4, -0.2) is 46.7 Å². The Balaban J connectivity index is 1.59. The molecule has 0 unspecified atom stereocenters. The molecule has 0 spiro atoms. The van der Waals surface area contributed by atoms with Crippen molar-refractivity contribution in [2.75, 3.05) is 25.5 Å². The van der Waals surface area contributed by atoms with Crippen molar-refractivity contribution in [1.29, 1.82) is 0 Å². The fraction of sp³-hybridized carbons (Fsp3) is 0.148. The van der Waals surface area contributed by atoms with E-state index < -0.39 is 0 Å². The maximum atomic E-state index is 13.0. The number of halogens is 1. The number of ether oxygens (including phenoxy) is 1. The van der Waals surface area contributed by atoms with Crippen LogP contribution in [0.15, 0.2) is 84.9 Å². The SMILES string of the molecule is CCN(CC(=O)Nc1cc(-c2ccccc2)nn1-c1ccc(OC)cc1)C(=O)c1cccc(Cl)c1. The summed E-state index contributed by atoms with van der Waals surface area (Å²) in [6.45, 7) is 2.08. The lowest BCUT2D eigenvalue weighted by atomic mass is 10.1. The van der Waals surface area contributed by atoms with Crippen molar-refractivity contribution in [3.8, 4) is 22.7 Å². The smallest absolute Gasteiger partial charge is 0.254 e. The maximum absolute atomic E-state index is 13.0. The molecule has 4 aromatic rings. The Morgan fingerprint density at radius 1 is 1.00 bits per heavy atom. The summed E-state index contributed by atoms with van der Waals surface area (Å²) in [5.74, 6) is 0.605. The van der Waals surface area contributed by atoms with E-state index in [1.807, 2.05) is 67.6 Å². The van der Waals surface area contributed by atoms with Crippen molar-refractivity contribution < 1.29 is 14.3 Å². The summed E-state index contributed by atoms with van der Waals surface area (Å²) in [4.78, 5) is 27.4. The van der Waals surface area contributed by atoms with Gasteiger partial charge in [0, 0.05) is 28.8 Å². The van der Waals surface area contributed by atoms with E-state index in [1.54, 1.807) is 36.1 Å². The van der Waals surface area contributed by atoms with Gasteiger partial charge in [0.2, 0.25) is 5.91 Å². The molecule has 2 amide bonds. The predicted octanol–water partition coefficient (Wildman–Crippen LogP) is 5.30. The van der Waals surface area contributed by atoms with Gasteiger partial charge in [0.05, 0.1) is 18.5 Å². The molecule has 4 rings (SSSR count). The minimum Gasteiger partial charge on any atom is -0.497 e. The highest BCUT2D eigenvalue weighted by molar-refractivity contribution is 6.31. The topological polar surface area (TPSA) is 76.5 Å². The minimum absolute atomic E-state index is 0.115. The van der Waals surface area contributed by atoms with Crippen LogP contribution in [0.5, 0.6) is 5.75 Å². The van der Waals surface area contributed by atoms with E-state index in [2.05, 4.69) is 5.32 Å². The number of carbonyl (C=O) groups is 2. The highest BCUT2D eigenvalue weighted by atomic mass is 35.5. The highest BCUT2D eigenvalue weighted by Gasteiger charge is 2.20. The third-order valence-electron chi connectivity index (χ3n) is 5.44. The fourth-order valence-corrected chi connectivity index (χ4v) is 3.82. The van der Waals surface area contributed by atoms with Crippen LogP contribution in [-0.2, 0) is 4.79 Å². The highest BCUT2D eigenvalue weighted by Crippen LogP contribution is 2.26. The number of aromatic nitrogens is 2. The largest absolute Gasteiger partial charge is 0.497 e. The summed E-state index contributed by atoms with van der Waals surface area (Å²) >= 11 is 6.03. The van der Waals surface area contributed by atoms with E-state index in [-0.39, 0.29) is 18.4 Å². The Kier molecular flexibility index (Phi) is 7.48. The first-order chi connectivity index (χ1) is 17.0. The molecule has 178 valence electrons. The van der Waals surface area contributed by atoms with Gasteiger partial charge in [-0.25, -0.2) is 4.68 Å². The maximum Gasteiger partial charge on any atom is 0.254 e. The fourth-order valence-electron chi connectivity index (χ4n) is 3.63. The lowest BCUT2D eigenvalue weighted by molar-refractivity contribution is -0.116. The van der Waals surface area contributed by atoms with Crippen molar-refractivity contribution in [3.63, 3.8) is 0 Å². The summed E-state index contributed by atoms with van der Waals surface area (Å²) in [5, 5.41) is 8.10. The molecule has 0 saturated heterocycles. The number of rotatable bonds is 8. The van der Waals surface area contributed by atoms with E-state index in [0.29, 0.717) is 34.4 Å². The van der Waals surface area contributed by atoms with E-state index in [1.165, 1.54) is 4.90 Å². The Labute approximate surface area is 208 Å². The van der Waals surface area contributed by atoms with Crippen LogP contribution in [0.3, 0.4) is 0 Å². The normalized spacial score (nSPS) is 10.6. The second kappa shape index (κ2) is 10.9. The van der Waals surface area contributed by atoms with Gasteiger partial charge in [-0.05, 0) is 49.4 Å². The van der Waals surface area contributed by atoms with Gasteiger partial charge in [0.1, 0.15) is 18.1 Å². The monoisotopic (exact) mass is 488 g/mol. The summed E-state index contributed by atoms with van der Waals surface area (Å²) in [5.41, 5.74) is 2.81. The van der Waals surface area contributed by atoms with E-state index >= 15 is 0 Å². The van der Waals surface area contributed by atoms with E-state index in [9.17, 15) is 9.59 Å². The second-order valence-electron chi connectivity index (χ2n) is 7.77. The van der Waals surface area contributed by atoms with Crippen molar-refractivity contribution in [1.82, 2.24) is 14.7 Å². The van der Waals surface area contributed by atoms with E-state index in [0.717, 1.165) is 11.3 Å². The van der Waals surface area contributed by atoms with Gasteiger partial charge in [-0.2, -0.15) is 5.10 Å². The number of carbonyl (C=O) groups excluding carboxylic acids is 2. The summed E-state index contributed by atoms with van der Waals surface area (Å²) in [6.07, 6.45) is 0. The van der Waals surface area contributed by atoms with Crippen molar-refractivity contribution in [2.24, 2.45) is 0 Å². The van der Waals surface area contributed by atoms with Crippen molar-refractivity contribution >= 4 is 29.2 Å². The van der Waals surface area contributed by atoms with Gasteiger partial charge in [0.15, 0.2) is 0 Å². The molecular formula is C27H25ClN4O3. The molecule has 7 nitrogen and oxygen atoms in total. The van der Waals surface area contributed by atoms with Crippen LogP contribution in [0.25, 0.3) is 16.9 Å². The predicted molar refractivity (Wildman–Crippen MR) is 137 cm³/mol. The number of nitrogens with zero attached hydrogens (tertiary/aromatic N) is 3. The number of hydrogen-bond acceptors (Lipinski definition) is 4. The molecule has 0 atom stereocenters. The van der Waals surface area contributed by atoms with Crippen LogP contribution >= 0.6 is 11.6 Å². The number of nitrogens with one attached hydrogen (secondary N) is 1. The number of likely N-dealkylation sites (N-methyl/N-ethyl adjacent to an activating group) is 1. The van der Waals surface area contributed by atoms with Gasteiger partial charge in [-0.15, -0.1) is 0 Å². The third kappa shape index (κ3) is 5.70. The number of benzene rings is 3. The average molecular weight is 489 g/mol. The summed E-state index contributed by atoms with van der Waals surface area (Å²) < 4.78 is 6.91. The molecule has 0 aliphatic heterocycles. The summed E-state index contributed by atoms with van der Waals surface area (Å²) in [6, 6.07) is 25.6. The van der Waals surface area contributed by atoms with Crippen LogP contribution in [0.2, 0.25) is 5.02 Å². The first-order valence-corrected chi connectivity index (χ1v) is 11.5. The molecule has 3 aromatic carbocycles. The van der Waals surface area contributed by atoms with Gasteiger partial charge >= 0.3 is 0 Å². The molecule has 0 radical (unpaired) electrons. The molecular weight excluding hydrogens is 464 g/mol. The quantitative estimate of drug-likeness (QED) is 0.365. The molecule has 1 aromatic heterocycles. The lowest BCUT2D eigenvalue weighted by Crippen LogP contribution is -2.38. The van der Waals surface area contributed by atoms with Crippen LogP contribution in [0.1, 0.15) is 17.3 Å². The first-order valence-electron chi connectivity index (χ1n) is 11.1. The molecule has 0 bridgehead atoms. The number of hydrogen-bond donors (Lipinski definition) is 1. The average Bonchev–Trinajstić information content (AvgIpc) is 3.31. The Bertz CT molecular complexity index is 1320. The van der Waals surface area contributed by atoms with Gasteiger partial charge in [-0.1, -0.05) is 48.0 Å². The zero-order chi connectivity index (χ0) is 24.8. The van der Waals surface area contributed by atoms with Gasteiger partial charge in [0.25, 0.3) is 5.91 Å². The molecule has 35 heavy (non-hydrogen) atoms. The first kappa shape index (κ1) is 24.0. The van der Waals surface area contributed by atoms with Crippen LogP contribution < -0.4 is 10.1 Å². The molecule has 0 saturated carbocycles. The van der Waals surface area contributed by atoms with Gasteiger partial charge < -0.3 is 15.0 Å². The second-order valence-corrected chi connectivity index (χ2v) is 8.20. The molecule has 1 heterocycles. The zero-order valence-electron chi connectivity index (χ0n) is 19.4. The molecule has 8 heteroatoms. The van der Waals surface area contributed by atoms with Crippen molar-refractivity contribution in [3.05, 3.63) is 95.5 Å². The third-order valence-corrected chi connectivity index (χ3v) is 5.67. The lowest BCUT2D eigenvalue weighted by Gasteiger charge is -2.20. The molecule has 1 N–H and O–H groups in total. The molecule has 0 fully saturated rings. The van der Waals surface area contributed by atoms with Crippen molar-refractivity contribution in [2.45, 2.75) is 6.92 Å². The van der Waals surface area contributed by atoms with Gasteiger partial charge in [-0.3, -0.25) is 9.59 Å². The minimum atomic E-state index is -0.337. The zero-order valence-corrected chi connectivity index (χ0v) is 20.2. The number of anilines is 1. The van der Waals surface area contributed by atoms with Crippen LogP contribution in [0, 0.1) is 0 Å². The molecule has 0 aliphatic carbocycles.